The minimum atomic E-state index is 0.109. The molecule has 58 valence electrons. The number of hydrogen-bond acceptors (Lipinski definition) is 2. The monoisotopic (exact) mass is 169 g/mol. The fraction of sp³-hybridized carbons (Fsp3) is 0.143. The van der Waals surface area contributed by atoms with Gasteiger partial charge in [-0.05, 0) is 11.6 Å². The largest absolute Gasteiger partial charge is 0.387 e. The molecular weight excluding hydrogens is 162 g/mol. The second-order valence-electron chi connectivity index (χ2n) is 2.17. The van der Waals surface area contributed by atoms with Gasteiger partial charge in [0.2, 0.25) is 0 Å². The minimum Gasteiger partial charge on any atom is -0.387 e. The molecule has 0 unspecified atom stereocenters. The molecule has 1 heterocycles. The highest BCUT2D eigenvalue weighted by atomic mass is 35.5. The number of rotatable bonds is 2. The van der Waals surface area contributed by atoms with Gasteiger partial charge in [0.1, 0.15) is 0 Å². The number of nitrogens with one attached hydrogen (secondary N) is 1. The van der Waals surface area contributed by atoms with Crippen LogP contribution in [-0.2, 0) is 6.42 Å². The molecule has 0 radical (unpaired) electrons. The molecule has 0 saturated carbocycles. The Morgan fingerprint density at radius 3 is 3.00 bits per heavy atom. The number of pyridine rings is 1. The van der Waals surface area contributed by atoms with E-state index in [0.29, 0.717) is 11.4 Å². The molecule has 4 heteroatoms. The second-order valence-corrected chi connectivity index (χ2v) is 2.58. The van der Waals surface area contributed by atoms with Gasteiger partial charge in [-0.2, -0.15) is 0 Å². The zero-order chi connectivity index (χ0) is 8.27. The van der Waals surface area contributed by atoms with Crippen molar-refractivity contribution in [2.24, 2.45) is 5.73 Å². The van der Waals surface area contributed by atoms with Crippen molar-refractivity contribution >= 4 is 17.4 Å². The van der Waals surface area contributed by atoms with Crippen molar-refractivity contribution < 1.29 is 0 Å². The Hall–Kier alpha value is -1.09. The summed E-state index contributed by atoms with van der Waals surface area (Å²) in [5, 5.41) is 7.59. The van der Waals surface area contributed by atoms with Gasteiger partial charge in [0, 0.05) is 18.8 Å². The van der Waals surface area contributed by atoms with Crippen LogP contribution in [0.25, 0.3) is 0 Å². The van der Waals surface area contributed by atoms with Crippen molar-refractivity contribution in [3.05, 3.63) is 29.0 Å². The maximum absolute atomic E-state index is 7.03. The SMILES string of the molecule is N=C(N)Cc1ccncc1Cl. The number of amidine groups is 1. The molecule has 0 amide bonds. The quantitative estimate of drug-likeness (QED) is 0.517. The zero-order valence-corrected chi connectivity index (χ0v) is 6.60. The van der Waals surface area contributed by atoms with Gasteiger partial charge in [-0.1, -0.05) is 11.6 Å². The summed E-state index contributed by atoms with van der Waals surface area (Å²) < 4.78 is 0. The van der Waals surface area contributed by atoms with Crippen LogP contribution in [0.2, 0.25) is 5.02 Å². The first-order valence-electron chi connectivity index (χ1n) is 3.11. The maximum Gasteiger partial charge on any atom is 0.0950 e. The molecule has 0 saturated heterocycles. The fourth-order valence-electron chi connectivity index (χ4n) is 0.753. The number of nitrogens with zero attached hydrogens (tertiary/aromatic N) is 1. The topological polar surface area (TPSA) is 62.8 Å². The molecule has 11 heavy (non-hydrogen) atoms. The molecule has 0 fully saturated rings. The van der Waals surface area contributed by atoms with Crippen LogP contribution in [0.1, 0.15) is 5.56 Å². The van der Waals surface area contributed by atoms with E-state index in [1.807, 2.05) is 0 Å². The molecule has 3 N–H and O–H groups in total. The fourth-order valence-corrected chi connectivity index (χ4v) is 0.939. The normalized spacial score (nSPS) is 9.55. The number of nitrogens with two attached hydrogens (primary N) is 1. The smallest absolute Gasteiger partial charge is 0.0950 e. The van der Waals surface area contributed by atoms with Crippen molar-refractivity contribution in [2.45, 2.75) is 6.42 Å². The third-order valence-corrected chi connectivity index (χ3v) is 1.58. The van der Waals surface area contributed by atoms with Crippen LogP contribution in [0.3, 0.4) is 0 Å². The lowest BCUT2D eigenvalue weighted by Gasteiger charge is -1.99. The van der Waals surface area contributed by atoms with Crippen molar-refractivity contribution in [1.29, 1.82) is 5.41 Å². The van der Waals surface area contributed by atoms with Gasteiger partial charge < -0.3 is 5.73 Å². The van der Waals surface area contributed by atoms with Crippen LogP contribution >= 0.6 is 11.6 Å². The zero-order valence-electron chi connectivity index (χ0n) is 5.84. The summed E-state index contributed by atoms with van der Waals surface area (Å²) in [7, 11) is 0. The van der Waals surface area contributed by atoms with Crippen molar-refractivity contribution in [3.8, 4) is 0 Å². The third kappa shape index (κ3) is 2.20. The molecule has 0 atom stereocenters. The number of aromatic nitrogens is 1. The van der Waals surface area contributed by atoms with E-state index in [9.17, 15) is 0 Å². The molecule has 1 aromatic heterocycles. The lowest BCUT2D eigenvalue weighted by Crippen LogP contribution is -2.12. The number of hydrogen-bond donors (Lipinski definition) is 2. The van der Waals surface area contributed by atoms with E-state index in [1.54, 1.807) is 18.5 Å². The van der Waals surface area contributed by atoms with E-state index in [0.717, 1.165) is 5.56 Å². The lowest BCUT2D eigenvalue weighted by atomic mass is 10.2. The summed E-state index contributed by atoms with van der Waals surface area (Å²) in [6.45, 7) is 0. The van der Waals surface area contributed by atoms with Crippen LogP contribution < -0.4 is 5.73 Å². The van der Waals surface area contributed by atoms with E-state index in [2.05, 4.69) is 4.98 Å². The first kappa shape index (κ1) is 8.01. The minimum absolute atomic E-state index is 0.109. The second kappa shape index (κ2) is 3.34. The summed E-state index contributed by atoms with van der Waals surface area (Å²) in [6.07, 6.45) is 3.56. The molecule has 3 nitrogen and oxygen atoms in total. The van der Waals surface area contributed by atoms with E-state index < -0.39 is 0 Å². The number of halogens is 1. The van der Waals surface area contributed by atoms with E-state index >= 15 is 0 Å². The standard InChI is InChI=1S/C7H8ClN3/c8-6-4-11-2-1-5(6)3-7(9)10/h1-2,4H,3H2,(H3,9,10). The molecule has 0 aliphatic heterocycles. The summed E-state index contributed by atoms with van der Waals surface area (Å²) in [5.74, 6) is 0.109. The van der Waals surface area contributed by atoms with Gasteiger partial charge >= 0.3 is 0 Å². The van der Waals surface area contributed by atoms with Crippen LogP contribution in [0.4, 0.5) is 0 Å². The van der Waals surface area contributed by atoms with E-state index in [4.69, 9.17) is 22.7 Å². The van der Waals surface area contributed by atoms with Crippen LogP contribution in [0, 0.1) is 5.41 Å². The van der Waals surface area contributed by atoms with Crippen molar-refractivity contribution in [3.63, 3.8) is 0 Å². The Morgan fingerprint density at radius 2 is 2.45 bits per heavy atom. The van der Waals surface area contributed by atoms with Crippen LogP contribution in [0.5, 0.6) is 0 Å². The third-order valence-electron chi connectivity index (χ3n) is 1.24. The first-order valence-corrected chi connectivity index (χ1v) is 3.49. The molecule has 0 aliphatic carbocycles. The highest BCUT2D eigenvalue weighted by molar-refractivity contribution is 6.31. The molecule has 1 rings (SSSR count). The molecular formula is C7H8ClN3. The Morgan fingerprint density at radius 1 is 1.73 bits per heavy atom. The Kier molecular flexibility index (Phi) is 2.44. The summed E-state index contributed by atoms with van der Waals surface area (Å²) >= 11 is 5.75. The predicted octanol–water partition coefficient (Wildman–Crippen LogP) is 1.21. The molecule has 0 aliphatic rings. The van der Waals surface area contributed by atoms with E-state index in [-0.39, 0.29) is 5.84 Å². The van der Waals surface area contributed by atoms with Crippen molar-refractivity contribution in [2.75, 3.05) is 0 Å². The van der Waals surface area contributed by atoms with E-state index in [1.165, 1.54) is 0 Å². The molecule has 0 aromatic carbocycles. The molecule has 1 aromatic rings. The Balaban J connectivity index is 2.86. The average Bonchev–Trinajstić information content (AvgIpc) is 1.93. The van der Waals surface area contributed by atoms with Crippen LogP contribution in [0.15, 0.2) is 18.5 Å². The highest BCUT2D eigenvalue weighted by Gasteiger charge is 1.99. The van der Waals surface area contributed by atoms with Gasteiger partial charge in [0.15, 0.2) is 0 Å². The van der Waals surface area contributed by atoms with Crippen LogP contribution in [-0.4, -0.2) is 10.8 Å². The Labute approximate surface area is 69.7 Å². The lowest BCUT2D eigenvalue weighted by molar-refractivity contribution is 1.21. The predicted molar refractivity (Wildman–Crippen MR) is 44.9 cm³/mol. The summed E-state index contributed by atoms with van der Waals surface area (Å²) in [6, 6.07) is 1.75. The van der Waals surface area contributed by atoms with Gasteiger partial charge in [0.25, 0.3) is 0 Å². The summed E-state index contributed by atoms with van der Waals surface area (Å²) in [4.78, 5) is 3.81. The average molecular weight is 170 g/mol. The van der Waals surface area contributed by atoms with Gasteiger partial charge in [-0.15, -0.1) is 0 Å². The van der Waals surface area contributed by atoms with Gasteiger partial charge in [0.05, 0.1) is 10.9 Å². The highest BCUT2D eigenvalue weighted by Crippen LogP contribution is 2.13. The summed E-state index contributed by atoms with van der Waals surface area (Å²) in [5.41, 5.74) is 6.04. The van der Waals surface area contributed by atoms with Gasteiger partial charge in [-0.3, -0.25) is 10.4 Å². The molecule has 0 bridgehead atoms. The first-order chi connectivity index (χ1) is 5.20. The molecule has 0 spiro atoms. The maximum atomic E-state index is 7.03. The van der Waals surface area contributed by atoms with Crippen molar-refractivity contribution in [1.82, 2.24) is 4.98 Å². The Bertz CT molecular complexity index is 272. The van der Waals surface area contributed by atoms with Gasteiger partial charge in [-0.25, -0.2) is 0 Å².